The molecule has 0 aromatic carbocycles. The minimum absolute atomic E-state index is 0.231. The summed E-state index contributed by atoms with van der Waals surface area (Å²) in [5, 5.41) is 4.62. The second-order valence-corrected chi connectivity index (χ2v) is 4.85. The maximum Gasteiger partial charge on any atom is 0.0706 e. The Labute approximate surface area is 84.3 Å². The molecular formula is C11H17N3. The van der Waals surface area contributed by atoms with Gasteiger partial charge < -0.3 is 5.73 Å². The summed E-state index contributed by atoms with van der Waals surface area (Å²) in [6.45, 7) is 2.24. The van der Waals surface area contributed by atoms with E-state index in [9.17, 15) is 0 Å². The van der Waals surface area contributed by atoms with Gasteiger partial charge >= 0.3 is 0 Å². The highest BCUT2D eigenvalue weighted by Crippen LogP contribution is 2.46. The SMILES string of the molecule is CC1Cc2c(c(C3CC3)nn2C)C1N. The molecule has 14 heavy (non-hydrogen) atoms. The van der Waals surface area contributed by atoms with Crippen molar-refractivity contribution >= 4 is 0 Å². The summed E-state index contributed by atoms with van der Waals surface area (Å²) in [4.78, 5) is 0. The van der Waals surface area contributed by atoms with Crippen LogP contribution in [0.15, 0.2) is 0 Å². The number of hydrogen-bond donors (Lipinski definition) is 1. The van der Waals surface area contributed by atoms with Gasteiger partial charge in [-0.15, -0.1) is 0 Å². The van der Waals surface area contributed by atoms with E-state index in [2.05, 4.69) is 19.1 Å². The van der Waals surface area contributed by atoms with Crippen molar-refractivity contribution in [3.05, 3.63) is 17.0 Å². The summed E-state index contributed by atoms with van der Waals surface area (Å²) in [6, 6.07) is 0.231. The van der Waals surface area contributed by atoms with E-state index in [0.717, 1.165) is 12.3 Å². The van der Waals surface area contributed by atoms with Gasteiger partial charge in [0.15, 0.2) is 0 Å². The fraction of sp³-hybridized carbons (Fsp3) is 0.727. The Bertz CT molecular complexity index is 376. The summed E-state index contributed by atoms with van der Waals surface area (Å²) < 4.78 is 2.05. The third kappa shape index (κ3) is 0.989. The quantitative estimate of drug-likeness (QED) is 0.731. The third-order valence-electron chi connectivity index (χ3n) is 3.66. The molecule has 0 radical (unpaired) electrons. The van der Waals surface area contributed by atoms with Crippen LogP contribution in [0.5, 0.6) is 0 Å². The minimum atomic E-state index is 0.231. The van der Waals surface area contributed by atoms with Crippen molar-refractivity contribution in [2.24, 2.45) is 18.7 Å². The zero-order chi connectivity index (χ0) is 9.87. The molecule has 0 aliphatic heterocycles. The van der Waals surface area contributed by atoms with Crippen LogP contribution < -0.4 is 5.73 Å². The van der Waals surface area contributed by atoms with Crippen LogP contribution in [0, 0.1) is 5.92 Å². The van der Waals surface area contributed by atoms with Crippen LogP contribution in [0.25, 0.3) is 0 Å². The normalized spacial score (nSPS) is 30.8. The number of rotatable bonds is 1. The molecule has 1 saturated carbocycles. The maximum absolute atomic E-state index is 6.22. The molecule has 2 unspecified atom stereocenters. The molecule has 2 aliphatic carbocycles. The van der Waals surface area contributed by atoms with Gasteiger partial charge in [-0.05, 0) is 25.2 Å². The lowest BCUT2D eigenvalue weighted by Gasteiger charge is -2.10. The molecule has 0 spiro atoms. The Morgan fingerprint density at radius 1 is 1.43 bits per heavy atom. The lowest BCUT2D eigenvalue weighted by atomic mass is 10.0. The van der Waals surface area contributed by atoms with Crippen LogP contribution >= 0.6 is 0 Å². The van der Waals surface area contributed by atoms with Gasteiger partial charge in [-0.1, -0.05) is 6.92 Å². The fourth-order valence-electron chi connectivity index (χ4n) is 2.58. The standard InChI is InChI=1S/C11H17N3/c1-6-5-8-9(10(6)12)11(7-3-4-7)13-14(8)2/h6-7,10H,3-5,12H2,1-2H3. The molecule has 3 heteroatoms. The van der Waals surface area contributed by atoms with E-state index < -0.39 is 0 Å². The van der Waals surface area contributed by atoms with Gasteiger partial charge in [0.05, 0.1) is 5.69 Å². The van der Waals surface area contributed by atoms with E-state index in [0.29, 0.717) is 5.92 Å². The monoisotopic (exact) mass is 191 g/mol. The van der Waals surface area contributed by atoms with Crippen LogP contribution in [0.2, 0.25) is 0 Å². The first-order valence-corrected chi connectivity index (χ1v) is 5.49. The smallest absolute Gasteiger partial charge is 0.0706 e. The Kier molecular flexibility index (Phi) is 1.57. The molecule has 0 amide bonds. The van der Waals surface area contributed by atoms with E-state index in [1.54, 1.807) is 0 Å². The predicted octanol–water partition coefficient (Wildman–Crippen LogP) is 1.49. The van der Waals surface area contributed by atoms with Crippen molar-refractivity contribution in [2.45, 2.75) is 38.1 Å². The van der Waals surface area contributed by atoms with Crippen molar-refractivity contribution in [3.8, 4) is 0 Å². The van der Waals surface area contributed by atoms with Crippen molar-refractivity contribution < 1.29 is 0 Å². The molecule has 2 atom stereocenters. The number of aromatic nitrogens is 2. The lowest BCUT2D eigenvalue weighted by molar-refractivity contribution is 0.496. The van der Waals surface area contributed by atoms with Crippen LogP contribution in [0.3, 0.4) is 0 Å². The molecule has 1 aromatic heterocycles. The van der Waals surface area contributed by atoms with Gasteiger partial charge in [-0.2, -0.15) is 5.10 Å². The van der Waals surface area contributed by atoms with Gasteiger partial charge in [-0.25, -0.2) is 0 Å². The number of fused-ring (bicyclic) bond motifs is 1. The largest absolute Gasteiger partial charge is 0.324 e. The summed E-state index contributed by atoms with van der Waals surface area (Å²) in [7, 11) is 2.05. The number of nitrogens with zero attached hydrogens (tertiary/aromatic N) is 2. The third-order valence-corrected chi connectivity index (χ3v) is 3.66. The van der Waals surface area contributed by atoms with Crippen LogP contribution in [-0.2, 0) is 13.5 Å². The van der Waals surface area contributed by atoms with Gasteiger partial charge in [0.1, 0.15) is 0 Å². The first-order chi connectivity index (χ1) is 6.68. The van der Waals surface area contributed by atoms with Gasteiger partial charge in [0.25, 0.3) is 0 Å². The molecule has 0 saturated heterocycles. The second kappa shape index (κ2) is 2.60. The first-order valence-electron chi connectivity index (χ1n) is 5.49. The van der Waals surface area contributed by atoms with Crippen molar-refractivity contribution in [2.75, 3.05) is 0 Å². The summed E-state index contributed by atoms with van der Waals surface area (Å²) in [6.07, 6.45) is 3.72. The summed E-state index contributed by atoms with van der Waals surface area (Å²) in [5.41, 5.74) is 10.3. The second-order valence-electron chi connectivity index (χ2n) is 4.85. The zero-order valence-electron chi connectivity index (χ0n) is 8.83. The Morgan fingerprint density at radius 2 is 2.14 bits per heavy atom. The number of hydrogen-bond acceptors (Lipinski definition) is 2. The molecule has 1 heterocycles. The molecule has 2 N–H and O–H groups in total. The highest BCUT2D eigenvalue weighted by molar-refractivity contribution is 5.38. The van der Waals surface area contributed by atoms with Gasteiger partial charge in [-0.3, -0.25) is 4.68 Å². The molecule has 0 bridgehead atoms. The van der Waals surface area contributed by atoms with Crippen LogP contribution in [-0.4, -0.2) is 9.78 Å². The Morgan fingerprint density at radius 3 is 2.79 bits per heavy atom. The first kappa shape index (κ1) is 8.48. The van der Waals surface area contributed by atoms with E-state index in [1.165, 1.54) is 29.8 Å². The molecular weight excluding hydrogens is 174 g/mol. The average Bonchev–Trinajstić information content (AvgIpc) is 2.88. The molecule has 1 fully saturated rings. The number of nitrogens with two attached hydrogens (primary N) is 1. The Hall–Kier alpha value is -0.830. The zero-order valence-corrected chi connectivity index (χ0v) is 8.83. The van der Waals surface area contributed by atoms with Crippen molar-refractivity contribution in [3.63, 3.8) is 0 Å². The minimum Gasteiger partial charge on any atom is -0.324 e. The maximum atomic E-state index is 6.22. The van der Waals surface area contributed by atoms with Crippen molar-refractivity contribution in [1.82, 2.24) is 9.78 Å². The molecule has 1 aromatic rings. The van der Waals surface area contributed by atoms with E-state index in [1.807, 2.05) is 4.68 Å². The molecule has 76 valence electrons. The molecule has 3 nitrogen and oxygen atoms in total. The van der Waals surface area contributed by atoms with Crippen molar-refractivity contribution in [1.29, 1.82) is 0 Å². The topological polar surface area (TPSA) is 43.8 Å². The molecule has 3 rings (SSSR count). The van der Waals surface area contributed by atoms with E-state index in [4.69, 9.17) is 5.73 Å². The van der Waals surface area contributed by atoms with Gasteiger partial charge in [0.2, 0.25) is 0 Å². The summed E-state index contributed by atoms with van der Waals surface area (Å²) in [5.74, 6) is 1.31. The van der Waals surface area contributed by atoms with E-state index >= 15 is 0 Å². The van der Waals surface area contributed by atoms with Crippen LogP contribution in [0.4, 0.5) is 0 Å². The number of aryl methyl sites for hydroxylation is 1. The summed E-state index contributed by atoms with van der Waals surface area (Å²) >= 11 is 0. The average molecular weight is 191 g/mol. The van der Waals surface area contributed by atoms with E-state index in [-0.39, 0.29) is 6.04 Å². The van der Waals surface area contributed by atoms with Crippen LogP contribution in [0.1, 0.15) is 48.7 Å². The lowest BCUT2D eigenvalue weighted by Crippen LogP contribution is -2.15. The fourth-order valence-corrected chi connectivity index (χ4v) is 2.58. The predicted molar refractivity (Wildman–Crippen MR) is 55.0 cm³/mol. The van der Waals surface area contributed by atoms with Gasteiger partial charge in [0, 0.05) is 30.3 Å². The highest BCUT2D eigenvalue weighted by atomic mass is 15.3. The molecule has 2 aliphatic rings. The highest BCUT2D eigenvalue weighted by Gasteiger charge is 2.38. The Balaban J connectivity index is 2.12.